The third-order valence-corrected chi connectivity index (χ3v) is 4.15. The van der Waals surface area contributed by atoms with E-state index in [-0.39, 0.29) is 0 Å². The summed E-state index contributed by atoms with van der Waals surface area (Å²) in [6.07, 6.45) is 2.60. The van der Waals surface area contributed by atoms with Gasteiger partial charge in [0.2, 0.25) is 5.13 Å². The number of nitrogens with zero attached hydrogens (tertiary/aromatic N) is 3. The summed E-state index contributed by atoms with van der Waals surface area (Å²) in [5, 5.41) is 9.95. The van der Waals surface area contributed by atoms with Gasteiger partial charge < -0.3 is 0 Å². The van der Waals surface area contributed by atoms with Gasteiger partial charge in [0.05, 0.1) is 0 Å². The fourth-order valence-electron chi connectivity index (χ4n) is 1.86. The van der Waals surface area contributed by atoms with Crippen LogP contribution in [-0.4, -0.2) is 16.4 Å². The minimum atomic E-state index is 0.681. The van der Waals surface area contributed by atoms with Gasteiger partial charge >= 0.3 is 0 Å². The lowest BCUT2D eigenvalue weighted by Gasteiger charge is -1.94. The van der Waals surface area contributed by atoms with E-state index >= 15 is 0 Å². The highest BCUT2D eigenvalue weighted by molar-refractivity contribution is 9.10. The molecular formula is C16H12BrN3S. The SMILES string of the molecule is Brc1cccc(C=Nc2nnc(Cc3ccccc3)s2)c1. The molecule has 1 heterocycles. The van der Waals surface area contributed by atoms with E-state index in [0.717, 1.165) is 21.5 Å². The molecule has 0 aliphatic rings. The van der Waals surface area contributed by atoms with Crippen LogP contribution < -0.4 is 0 Å². The average molecular weight is 358 g/mol. The number of rotatable bonds is 4. The summed E-state index contributed by atoms with van der Waals surface area (Å²) in [7, 11) is 0. The summed E-state index contributed by atoms with van der Waals surface area (Å²) < 4.78 is 1.04. The van der Waals surface area contributed by atoms with E-state index in [0.29, 0.717) is 5.13 Å². The van der Waals surface area contributed by atoms with Crippen LogP contribution in [0.3, 0.4) is 0 Å². The van der Waals surface area contributed by atoms with Gasteiger partial charge in [-0.05, 0) is 23.3 Å². The lowest BCUT2D eigenvalue weighted by Crippen LogP contribution is -1.85. The van der Waals surface area contributed by atoms with E-state index < -0.39 is 0 Å². The Labute approximate surface area is 135 Å². The van der Waals surface area contributed by atoms with Gasteiger partial charge in [0.1, 0.15) is 5.01 Å². The Balaban J connectivity index is 1.70. The molecule has 104 valence electrons. The third-order valence-electron chi connectivity index (χ3n) is 2.83. The van der Waals surface area contributed by atoms with E-state index in [1.807, 2.05) is 42.5 Å². The molecule has 0 radical (unpaired) electrons. The van der Waals surface area contributed by atoms with Gasteiger partial charge in [-0.15, -0.1) is 10.2 Å². The first-order valence-electron chi connectivity index (χ1n) is 6.45. The van der Waals surface area contributed by atoms with E-state index in [1.54, 1.807) is 6.21 Å². The number of aromatic nitrogens is 2. The molecule has 0 unspecified atom stereocenters. The Morgan fingerprint density at radius 3 is 2.71 bits per heavy atom. The average Bonchev–Trinajstić information content (AvgIpc) is 2.94. The van der Waals surface area contributed by atoms with Crippen molar-refractivity contribution in [1.82, 2.24) is 10.2 Å². The minimum absolute atomic E-state index is 0.681. The second kappa shape index (κ2) is 6.74. The first-order valence-corrected chi connectivity index (χ1v) is 8.06. The standard InChI is InChI=1S/C16H12BrN3S/c17-14-8-4-7-13(9-14)11-18-16-20-19-15(21-16)10-12-5-2-1-3-6-12/h1-9,11H,10H2. The normalized spacial score (nSPS) is 11.1. The zero-order chi connectivity index (χ0) is 14.5. The number of halogens is 1. The summed E-state index contributed by atoms with van der Waals surface area (Å²) in [6.45, 7) is 0. The monoisotopic (exact) mass is 357 g/mol. The van der Waals surface area contributed by atoms with Crippen LogP contribution in [0, 0.1) is 0 Å². The molecule has 0 atom stereocenters. The fraction of sp³-hybridized carbons (Fsp3) is 0.0625. The minimum Gasteiger partial charge on any atom is -0.226 e. The van der Waals surface area contributed by atoms with Gasteiger partial charge in [0.25, 0.3) is 0 Å². The van der Waals surface area contributed by atoms with Crippen LogP contribution in [0.5, 0.6) is 0 Å². The van der Waals surface area contributed by atoms with Crippen LogP contribution in [0.1, 0.15) is 16.1 Å². The van der Waals surface area contributed by atoms with Gasteiger partial charge in [0.15, 0.2) is 0 Å². The lowest BCUT2D eigenvalue weighted by molar-refractivity contribution is 1.00. The first kappa shape index (κ1) is 14.1. The molecule has 2 aromatic carbocycles. The van der Waals surface area contributed by atoms with Crippen LogP contribution in [0.4, 0.5) is 5.13 Å². The van der Waals surface area contributed by atoms with Crippen molar-refractivity contribution < 1.29 is 0 Å². The Kier molecular flexibility index (Phi) is 4.52. The van der Waals surface area contributed by atoms with Gasteiger partial charge in [-0.2, -0.15) is 0 Å². The van der Waals surface area contributed by atoms with Gasteiger partial charge in [-0.3, -0.25) is 0 Å². The molecule has 0 aliphatic heterocycles. The van der Waals surface area contributed by atoms with E-state index in [2.05, 4.69) is 43.3 Å². The van der Waals surface area contributed by atoms with Gasteiger partial charge in [0, 0.05) is 17.1 Å². The molecule has 5 heteroatoms. The van der Waals surface area contributed by atoms with Gasteiger partial charge in [-0.25, -0.2) is 4.99 Å². The largest absolute Gasteiger partial charge is 0.231 e. The molecule has 0 aliphatic carbocycles. The predicted molar refractivity (Wildman–Crippen MR) is 90.6 cm³/mol. The highest BCUT2D eigenvalue weighted by atomic mass is 79.9. The van der Waals surface area contributed by atoms with Crippen molar-refractivity contribution in [3.8, 4) is 0 Å². The molecule has 3 nitrogen and oxygen atoms in total. The Bertz CT molecular complexity index is 753. The van der Waals surface area contributed by atoms with Crippen LogP contribution in [0.25, 0.3) is 0 Å². The molecule has 0 saturated heterocycles. The molecule has 0 N–H and O–H groups in total. The van der Waals surface area contributed by atoms with Crippen molar-refractivity contribution in [1.29, 1.82) is 0 Å². The molecule has 21 heavy (non-hydrogen) atoms. The third kappa shape index (κ3) is 4.06. The quantitative estimate of drug-likeness (QED) is 0.637. The smallest absolute Gasteiger partial charge is 0.226 e. The van der Waals surface area contributed by atoms with E-state index in [1.165, 1.54) is 16.9 Å². The molecule has 3 aromatic rings. The second-order valence-electron chi connectivity index (χ2n) is 4.45. The molecule has 0 saturated carbocycles. The van der Waals surface area contributed by atoms with Crippen molar-refractivity contribution in [2.75, 3.05) is 0 Å². The molecule has 3 rings (SSSR count). The van der Waals surface area contributed by atoms with E-state index in [4.69, 9.17) is 0 Å². The summed E-state index contributed by atoms with van der Waals surface area (Å²) in [4.78, 5) is 4.38. The summed E-state index contributed by atoms with van der Waals surface area (Å²) in [6, 6.07) is 18.2. The van der Waals surface area contributed by atoms with Crippen molar-refractivity contribution in [3.05, 3.63) is 75.2 Å². The molecule has 0 bridgehead atoms. The van der Waals surface area contributed by atoms with Crippen molar-refractivity contribution in [3.63, 3.8) is 0 Å². The Hall–Kier alpha value is -1.85. The Morgan fingerprint density at radius 2 is 1.90 bits per heavy atom. The van der Waals surface area contributed by atoms with E-state index in [9.17, 15) is 0 Å². The zero-order valence-electron chi connectivity index (χ0n) is 11.1. The maximum Gasteiger partial charge on any atom is 0.231 e. The van der Waals surface area contributed by atoms with Crippen molar-refractivity contribution >= 4 is 38.6 Å². The summed E-state index contributed by atoms with van der Waals surface area (Å²) >= 11 is 4.96. The van der Waals surface area contributed by atoms with Gasteiger partial charge in [-0.1, -0.05) is 69.7 Å². The summed E-state index contributed by atoms with van der Waals surface area (Å²) in [5.41, 5.74) is 2.26. The maximum absolute atomic E-state index is 4.38. The number of hydrogen-bond donors (Lipinski definition) is 0. The fourth-order valence-corrected chi connectivity index (χ4v) is 2.99. The lowest BCUT2D eigenvalue weighted by atomic mass is 10.2. The number of benzene rings is 2. The maximum atomic E-state index is 4.38. The molecule has 0 fully saturated rings. The van der Waals surface area contributed by atoms with Crippen LogP contribution in [-0.2, 0) is 6.42 Å². The predicted octanol–water partition coefficient (Wildman–Crippen LogP) is 4.64. The highest BCUT2D eigenvalue weighted by Crippen LogP contribution is 2.21. The van der Waals surface area contributed by atoms with Crippen LogP contribution >= 0.6 is 27.3 Å². The van der Waals surface area contributed by atoms with Crippen LogP contribution in [0.2, 0.25) is 0 Å². The topological polar surface area (TPSA) is 38.1 Å². The highest BCUT2D eigenvalue weighted by Gasteiger charge is 2.03. The zero-order valence-corrected chi connectivity index (χ0v) is 13.5. The molecule has 1 aromatic heterocycles. The first-order chi connectivity index (χ1) is 10.3. The Morgan fingerprint density at radius 1 is 1.05 bits per heavy atom. The molecule has 0 amide bonds. The summed E-state index contributed by atoms with van der Waals surface area (Å²) in [5.74, 6) is 0. The number of hydrogen-bond acceptors (Lipinski definition) is 4. The molecule has 0 spiro atoms. The number of aliphatic imine (C=N–C) groups is 1. The molecular weight excluding hydrogens is 346 g/mol. The van der Waals surface area contributed by atoms with Crippen molar-refractivity contribution in [2.24, 2.45) is 4.99 Å². The van der Waals surface area contributed by atoms with Crippen molar-refractivity contribution in [2.45, 2.75) is 6.42 Å². The second-order valence-corrected chi connectivity index (χ2v) is 6.41. The van der Waals surface area contributed by atoms with Crippen LogP contribution in [0.15, 0.2) is 64.1 Å².